The number of hydrogen-bond acceptors (Lipinski definition) is 5. The summed E-state index contributed by atoms with van der Waals surface area (Å²) < 4.78 is 0. The fourth-order valence-corrected chi connectivity index (χ4v) is 2.73. The topological polar surface area (TPSA) is 87.1 Å². The van der Waals surface area contributed by atoms with Gasteiger partial charge in [0, 0.05) is 13.0 Å². The number of fused-ring (bicyclic) bond motifs is 1. The number of nitrogens with one attached hydrogen (secondary N) is 2. The van der Waals surface area contributed by atoms with Crippen molar-refractivity contribution < 1.29 is 9.90 Å². The number of nitrogens with zero attached hydrogens (tertiary/aromatic N) is 2. The SMILES string of the molecule is O=C1NCCc2nc(Cl)nc(NC3(CO)CCC3)c21. The summed E-state index contributed by atoms with van der Waals surface area (Å²) in [4.78, 5) is 20.2. The number of rotatable bonds is 3. The van der Waals surface area contributed by atoms with E-state index in [-0.39, 0.29) is 23.3 Å². The molecule has 2 heterocycles. The highest BCUT2D eigenvalue weighted by Gasteiger charge is 2.38. The second-order valence-electron chi connectivity index (χ2n) is 5.09. The lowest BCUT2D eigenvalue weighted by molar-refractivity contribution is 0.0944. The van der Waals surface area contributed by atoms with E-state index >= 15 is 0 Å². The van der Waals surface area contributed by atoms with E-state index in [0.29, 0.717) is 30.0 Å². The van der Waals surface area contributed by atoms with Crippen LogP contribution in [-0.2, 0) is 6.42 Å². The van der Waals surface area contributed by atoms with Crippen LogP contribution in [0.4, 0.5) is 5.82 Å². The summed E-state index contributed by atoms with van der Waals surface area (Å²) in [7, 11) is 0. The molecule has 0 radical (unpaired) electrons. The van der Waals surface area contributed by atoms with E-state index in [9.17, 15) is 9.90 Å². The summed E-state index contributed by atoms with van der Waals surface area (Å²) in [6, 6.07) is 0. The average molecular weight is 283 g/mol. The van der Waals surface area contributed by atoms with Gasteiger partial charge in [-0.2, -0.15) is 4.98 Å². The van der Waals surface area contributed by atoms with Crippen LogP contribution in [0.25, 0.3) is 0 Å². The van der Waals surface area contributed by atoms with E-state index in [1.165, 1.54) is 0 Å². The highest BCUT2D eigenvalue weighted by Crippen LogP contribution is 2.36. The lowest BCUT2D eigenvalue weighted by atomic mass is 9.77. The number of anilines is 1. The van der Waals surface area contributed by atoms with Crippen LogP contribution in [-0.4, -0.2) is 39.7 Å². The monoisotopic (exact) mass is 282 g/mol. The Morgan fingerprint density at radius 3 is 2.84 bits per heavy atom. The van der Waals surface area contributed by atoms with Crippen molar-refractivity contribution in [3.05, 3.63) is 16.5 Å². The fourth-order valence-electron chi connectivity index (χ4n) is 2.55. The maximum Gasteiger partial charge on any atom is 0.256 e. The summed E-state index contributed by atoms with van der Waals surface area (Å²) in [5.74, 6) is 0.244. The number of carbonyl (C=O) groups excluding carboxylic acids is 1. The third-order valence-electron chi connectivity index (χ3n) is 3.83. The van der Waals surface area contributed by atoms with E-state index in [1.54, 1.807) is 0 Å². The second kappa shape index (κ2) is 4.61. The summed E-state index contributed by atoms with van der Waals surface area (Å²) in [5, 5.41) is 15.6. The molecular formula is C12H15ClN4O2. The molecule has 3 rings (SSSR count). The van der Waals surface area contributed by atoms with Crippen molar-refractivity contribution in [1.29, 1.82) is 0 Å². The van der Waals surface area contributed by atoms with Gasteiger partial charge in [-0.1, -0.05) is 0 Å². The predicted octanol–water partition coefficient (Wildman–Crippen LogP) is 0.743. The Balaban J connectivity index is 2.00. The summed E-state index contributed by atoms with van der Waals surface area (Å²) in [5.41, 5.74) is 0.748. The minimum atomic E-state index is -0.372. The van der Waals surface area contributed by atoms with Crippen LogP contribution in [0.3, 0.4) is 0 Å². The highest BCUT2D eigenvalue weighted by molar-refractivity contribution is 6.28. The van der Waals surface area contributed by atoms with Crippen LogP contribution in [0.1, 0.15) is 35.3 Å². The summed E-state index contributed by atoms with van der Waals surface area (Å²) in [6.07, 6.45) is 3.42. The van der Waals surface area contributed by atoms with Crippen molar-refractivity contribution in [3.63, 3.8) is 0 Å². The first-order chi connectivity index (χ1) is 9.13. The van der Waals surface area contributed by atoms with Crippen LogP contribution in [0.15, 0.2) is 0 Å². The average Bonchev–Trinajstić information content (AvgIpc) is 2.33. The first kappa shape index (κ1) is 12.6. The molecule has 1 amide bonds. The number of aliphatic hydroxyl groups excluding tert-OH is 1. The number of carbonyl (C=O) groups is 1. The van der Waals surface area contributed by atoms with Gasteiger partial charge in [0.2, 0.25) is 5.28 Å². The maximum absolute atomic E-state index is 12.0. The number of aliphatic hydroxyl groups is 1. The Kier molecular flexibility index (Phi) is 3.06. The Labute approximate surface area is 115 Å². The van der Waals surface area contributed by atoms with Crippen LogP contribution < -0.4 is 10.6 Å². The zero-order valence-electron chi connectivity index (χ0n) is 10.4. The highest BCUT2D eigenvalue weighted by atomic mass is 35.5. The zero-order chi connectivity index (χ0) is 13.5. The number of amides is 1. The minimum Gasteiger partial charge on any atom is -0.394 e. The molecule has 102 valence electrons. The van der Waals surface area contributed by atoms with Crippen molar-refractivity contribution in [1.82, 2.24) is 15.3 Å². The number of aromatic nitrogens is 2. The molecular weight excluding hydrogens is 268 g/mol. The Hall–Kier alpha value is -1.40. The molecule has 2 aliphatic rings. The van der Waals surface area contributed by atoms with E-state index in [0.717, 1.165) is 19.3 Å². The Morgan fingerprint density at radius 2 is 2.21 bits per heavy atom. The van der Waals surface area contributed by atoms with E-state index in [1.807, 2.05) is 0 Å². The molecule has 0 saturated heterocycles. The largest absolute Gasteiger partial charge is 0.394 e. The molecule has 0 bridgehead atoms. The van der Waals surface area contributed by atoms with Gasteiger partial charge in [-0.15, -0.1) is 0 Å². The number of hydrogen-bond donors (Lipinski definition) is 3. The van der Waals surface area contributed by atoms with Gasteiger partial charge in [-0.25, -0.2) is 4.98 Å². The lowest BCUT2D eigenvalue weighted by Gasteiger charge is -2.41. The van der Waals surface area contributed by atoms with Gasteiger partial charge < -0.3 is 15.7 Å². The molecule has 0 atom stereocenters. The zero-order valence-corrected chi connectivity index (χ0v) is 11.1. The molecule has 19 heavy (non-hydrogen) atoms. The molecule has 1 saturated carbocycles. The van der Waals surface area contributed by atoms with E-state index in [2.05, 4.69) is 20.6 Å². The molecule has 6 nitrogen and oxygen atoms in total. The first-order valence-corrected chi connectivity index (χ1v) is 6.75. The van der Waals surface area contributed by atoms with Gasteiger partial charge in [-0.05, 0) is 30.9 Å². The minimum absolute atomic E-state index is 0.0189. The van der Waals surface area contributed by atoms with Gasteiger partial charge in [0.15, 0.2) is 0 Å². The van der Waals surface area contributed by atoms with Crippen LogP contribution in [0.5, 0.6) is 0 Å². The van der Waals surface area contributed by atoms with Crippen LogP contribution in [0.2, 0.25) is 5.28 Å². The first-order valence-electron chi connectivity index (χ1n) is 6.37. The van der Waals surface area contributed by atoms with Crippen molar-refractivity contribution in [2.45, 2.75) is 31.2 Å². The van der Waals surface area contributed by atoms with Crippen molar-refractivity contribution >= 4 is 23.3 Å². The second-order valence-corrected chi connectivity index (χ2v) is 5.42. The quantitative estimate of drug-likeness (QED) is 0.712. The molecule has 1 aromatic rings. The molecule has 0 aromatic carbocycles. The van der Waals surface area contributed by atoms with Crippen molar-refractivity contribution in [2.75, 3.05) is 18.5 Å². The summed E-state index contributed by atoms with van der Waals surface area (Å²) in [6.45, 7) is 0.578. The molecule has 7 heteroatoms. The lowest BCUT2D eigenvalue weighted by Crippen LogP contribution is -2.49. The molecule has 1 aromatic heterocycles. The predicted molar refractivity (Wildman–Crippen MR) is 70.4 cm³/mol. The van der Waals surface area contributed by atoms with E-state index in [4.69, 9.17) is 11.6 Å². The fraction of sp³-hybridized carbons (Fsp3) is 0.583. The van der Waals surface area contributed by atoms with Crippen molar-refractivity contribution in [3.8, 4) is 0 Å². The van der Waals surface area contributed by atoms with Gasteiger partial charge in [-0.3, -0.25) is 4.79 Å². The van der Waals surface area contributed by atoms with E-state index < -0.39 is 0 Å². The molecule has 0 unspecified atom stereocenters. The Morgan fingerprint density at radius 1 is 1.42 bits per heavy atom. The molecule has 0 spiro atoms. The third kappa shape index (κ3) is 2.15. The van der Waals surface area contributed by atoms with Gasteiger partial charge in [0.25, 0.3) is 5.91 Å². The van der Waals surface area contributed by atoms with Crippen molar-refractivity contribution in [2.24, 2.45) is 0 Å². The molecule has 1 fully saturated rings. The molecule has 1 aliphatic carbocycles. The smallest absolute Gasteiger partial charge is 0.256 e. The summed E-state index contributed by atoms with van der Waals surface area (Å²) >= 11 is 5.91. The third-order valence-corrected chi connectivity index (χ3v) is 4.00. The van der Waals surface area contributed by atoms with Gasteiger partial charge in [0.1, 0.15) is 11.4 Å². The van der Waals surface area contributed by atoms with Crippen LogP contribution in [0, 0.1) is 0 Å². The standard InChI is InChI=1S/C12H15ClN4O2/c13-11-15-7-2-5-14-10(19)8(7)9(16-11)17-12(6-18)3-1-4-12/h18H,1-6H2,(H,14,19)(H,15,16,17). The molecule has 3 N–H and O–H groups in total. The van der Waals surface area contributed by atoms with Gasteiger partial charge in [0.05, 0.1) is 17.8 Å². The Bertz CT molecular complexity index is 525. The normalized spacial score (nSPS) is 20.2. The number of halogens is 1. The van der Waals surface area contributed by atoms with Gasteiger partial charge >= 0.3 is 0 Å². The molecule has 1 aliphatic heterocycles. The van der Waals surface area contributed by atoms with Crippen LogP contribution >= 0.6 is 11.6 Å². The maximum atomic E-state index is 12.0.